The van der Waals surface area contributed by atoms with Gasteiger partial charge in [-0.3, -0.25) is 0 Å². The molecule has 2 aliphatic rings. The molecule has 0 atom stereocenters. The summed E-state index contributed by atoms with van der Waals surface area (Å²) in [7, 11) is 0. The highest BCUT2D eigenvalue weighted by molar-refractivity contribution is 5.60. The van der Waals surface area contributed by atoms with E-state index in [1.54, 1.807) is 0 Å². The Kier molecular flexibility index (Phi) is 4.42. The highest BCUT2D eigenvalue weighted by Gasteiger charge is 2.22. The number of rotatable bonds is 5. The molecule has 1 saturated carbocycles. The zero-order valence-corrected chi connectivity index (χ0v) is 12.4. The quantitative estimate of drug-likeness (QED) is 0.869. The van der Waals surface area contributed by atoms with E-state index in [1.807, 2.05) is 6.07 Å². The van der Waals surface area contributed by atoms with Crippen molar-refractivity contribution in [3.63, 3.8) is 0 Å². The Morgan fingerprint density at radius 3 is 2.62 bits per heavy atom. The van der Waals surface area contributed by atoms with Crippen molar-refractivity contribution in [2.45, 2.75) is 38.3 Å². The lowest BCUT2D eigenvalue weighted by Crippen LogP contribution is -2.35. The van der Waals surface area contributed by atoms with Crippen LogP contribution in [0.5, 0.6) is 0 Å². The topological polar surface area (TPSA) is 59.3 Å². The van der Waals surface area contributed by atoms with Crippen LogP contribution in [0, 0.1) is 17.2 Å². The van der Waals surface area contributed by atoms with Crippen LogP contribution in [0.4, 0.5) is 5.69 Å². The minimum atomic E-state index is 0.282. The molecule has 4 heteroatoms. The van der Waals surface area contributed by atoms with Gasteiger partial charge in [0.15, 0.2) is 0 Å². The average molecular weight is 285 g/mol. The van der Waals surface area contributed by atoms with Crippen LogP contribution in [-0.2, 0) is 6.54 Å². The van der Waals surface area contributed by atoms with Crippen LogP contribution in [-0.4, -0.2) is 30.8 Å². The normalized spacial score (nSPS) is 19.5. The van der Waals surface area contributed by atoms with Crippen molar-refractivity contribution in [1.29, 1.82) is 5.26 Å². The van der Waals surface area contributed by atoms with E-state index in [2.05, 4.69) is 28.4 Å². The minimum absolute atomic E-state index is 0.282. The molecule has 1 aliphatic carbocycles. The number of piperidine rings is 1. The van der Waals surface area contributed by atoms with Gasteiger partial charge >= 0.3 is 0 Å². The number of hydrogen-bond acceptors (Lipinski definition) is 4. The molecule has 112 valence electrons. The maximum Gasteiger partial charge on any atom is 0.101 e. The minimum Gasteiger partial charge on any atom is -0.396 e. The van der Waals surface area contributed by atoms with Crippen LogP contribution in [0.25, 0.3) is 0 Å². The molecule has 21 heavy (non-hydrogen) atoms. The van der Waals surface area contributed by atoms with E-state index in [4.69, 9.17) is 0 Å². The Hall–Kier alpha value is -1.57. The molecule has 1 aliphatic heterocycles. The Balaban J connectivity index is 1.68. The smallest absolute Gasteiger partial charge is 0.101 e. The van der Waals surface area contributed by atoms with E-state index in [9.17, 15) is 10.4 Å². The van der Waals surface area contributed by atoms with Gasteiger partial charge in [0.2, 0.25) is 0 Å². The summed E-state index contributed by atoms with van der Waals surface area (Å²) < 4.78 is 0. The van der Waals surface area contributed by atoms with Gasteiger partial charge in [0, 0.05) is 32.3 Å². The number of benzene rings is 1. The zero-order valence-electron chi connectivity index (χ0n) is 12.4. The molecule has 2 fully saturated rings. The largest absolute Gasteiger partial charge is 0.396 e. The molecule has 1 aromatic carbocycles. The van der Waals surface area contributed by atoms with Crippen LogP contribution >= 0.6 is 0 Å². The molecule has 0 radical (unpaired) electrons. The van der Waals surface area contributed by atoms with Crippen LogP contribution < -0.4 is 10.2 Å². The number of anilines is 1. The summed E-state index contributed by atoms with van der Waals surface area (Å²) >= 11 is 0. The van der Waals surface area contributed by atoms with Crippen LogP contribution in [0.2, 0.25) is 0 Å². The first-order valence-electron chi connectivity index (χ1n) is 7.92. The van der Waals surface area contributed by atoms with Gasteiger partial charge in [-0.2, -0.15) is 5.26 Å². The number of aliphatic hydroxyl groups is 1. The van der Waals surface area contributed by atoms with Crippen LogP contribution in [0.1, 0.15) is 36.8 Å². The zero-order chi connectivity index (χ0) is 14.7. The Morgan fingerprint density at radius 1 is 1.24 bits per heavy atom. The van der Waals surface area contributed by atoms with Crippen LogP contribution in [0.15, 0.2) is 18.2 Å². The fraction of sp³-hybridized carbons (Fsp3) is 0.588. The summed E-state index contributed by atoms with van der Waals surface area (Å²) in [5, 5.41) is 22.1. The van der Waals surface area contributed by atoms with E-state index >= 15 is 0 Å². The van der Waals surface area contributed by atoms with Crippen molar-refractivity contribution >= 4 is 5.69 Å². The first kappa shape index (κ1) is 14.4. The Bertz CT molecular complexity index is 525. The molecule has 0 bridgehead atoms. The average Bonchev–Trinajstić information content (AvgIpc) is 3.37. The molecule has 1 heterocycles. The molecule has 0 amide bonds. The second-order valence-corrected chi connectivity index (χ2v) is 6.23. The summed E-state index contributed by atoms with van der Waals surface area (Å²) in [5.74, 6) is 0.425. The van der Waals surface area contributed by atoms with Gasteiger partial charge in [-0.15, -0.1) is 0 Å². The van der Waals surface area contributed by atoms with Gasteiger partial charge in [-0.1, -0.05) is 6.07 Å². The number of nitriles is 1. The molecule has 1 aromatic rings. The summed E-state index contributed by atoms with van der Waals surface area (Å²) in [5.41, 5.74) is 3.00. The molecular weight excluding hydrogens is 262 g/mol. The summed E-state index contributed by atoms with van der Waals surface area (Å²) in [6, 6.07) is 9.26. The van der Waals surface area contributed by atoms with Gasteiger partial charge in [0.05, 0.1) is 11.3 Å². The molecule has 4 nitrogen and oxygen atoms in total. The standard InChI is InChI=1S/C17H23N3O/c18-10-15-9-14(11-19-16-2-3-16)1-4-17(15)20-7-5-13(12-21)6-8-20/h1,4,9,13,16,19,21H,2-3,5-8,11-12H2. The Labute approximate surface area is 126 Å². The third kappa shape index (κ3) is 3.55. The first-order valence-corrected chi connectivity index (χ1v) is 7.92. The van der Waals surface area contributed by atoms with Crippen molar-refractivity contribution in [3.8, 4) is 6.07 Å². The SMILES string of the molecule is N#Cc1cc(CNC2CC2)ccc1N1CCC(CO)CC1. The summed E-state index contributed by atoms with van der Waals surface area (Å²) in [4.78, 5) is 2.28. The predicted molar refractivity (Wildman–Crippen MR) is 83.0 cm³/mol. The van der Waals surface area contributed by atoms with E-state index in [0.717, 1.165) is 43.7 Å². The third-order valence-corrected chi connectivity index (χ3v) is 4.57. The van der Waals surface area contributed by atoms with E-state index in [1.165, 1.54) is 18.4 Å². The molecule has 3 rings (SSSR count). The number of nitrogens with one attached hydrogen (secondary N) is 1. The maximum absolute atomic E-state index is 9.42. The number of nitrogens with zero attached hydrogens (tertiary/aromatic N) is 2. The van der Waals surface area contributed by atoms with Gasteiger partial charge < -0.3 is 15.3 Å². The maximum atomic E-state index is 9.42. The summed E-state index contributed by atoms with van der Waals surface area (Å²) in [6.07, 6.45) is 4.57. The fourth-order valence-corrected chi connectivity index (χ4v) is 2.96. The second-order valence-electron chi connectivity index (χ2n) is 6.23. The highest BCUT2D eigenvalue weighted by atomic mass is 16.3. The van der Waals surface area contributed by atoms with Crippen molar-refractivity contribution in [2.75, 3.05) is 24.6 Å². The molecular formula is C17H23N3O. The lowest BCUT2D eigenvalue weighted by molar-refractivity contribution is 0.203. The number of aliphatic hydroxyl groups excluding tert-OH is 1. The summed E-state index contributed by atoms with van der Waals surface area (Å²) in [6.45, 7) is 3.00. The van der Waals surface area contributed by atoms with E-state index < -0.39 is 0 Å². The van der Waals surface area contributed by atoms with E-state index in [0.29, 0.717) is 12.0 Å². The number of hydrogen-bond donors (Lipinski definition) is 2. The van der Waals surface area contributed by atoms with Crippen molar-refractivity contribution in [3.05, 3.63) is 29.3 Å². The molecule has 1 saturated heterocycles. The predicted octanol–water partition coefficient (Wildman–Crippen LogP) is 2.02. The van der Waals surface area contributed by atoms with E-state index in [-0.39, 0.29) is 6.61 Å². The molecule has 0 unspecified atom stereocenters. The lowest BCUT2D eigenvalue weighted by atomic mass is 9.96. The highest BCUT2D eigenvalue weighted by Crippen LogP contribution is 2.27. The first-order chi connectivity index (χ1) is 10.3. The molecule has 0 spiro atoms. The van der Waals surface area contributed by atoms with Crippen molar-refractivity contribution in [2.24, 2.45) is 5.92 Å². The molecule has 2 N–H and O–H groups in total. The fourth-order valence-electron chi connectivity index (χ4n) is 2.96. The molecule has 0 aromatic heterocycles. The van der Waals surface area contributed by atoms with Gasteiger partial charge in [0.25, 0.3) is 0 Å². The lowest BCUT2D eigenvalue weighted by Gasteiger charge is -2.33. The van der Waals surface area contributed by atoms with Gasteiger partial charge in [-0.25, -0.2) is 0 Å². The monoisotopic (exact) mass is 285 g/mol. The van der Waals surface area contributed by atoms with Crippen molar-refractivity contribution in [1.82, 2.24) is 5.32 Å². The van der Waals surface area contributed by atoms with Crippen molar-refractivity contribution < 1.29 is 5.11 Å². The third-order valence-electron chi connectivity index (χ3n) is 4.57. The second kappa shape index (κ2) is 6.46. The van der Waals surface area contributed by atoms with Crippen LogP contribution in [0.3, 0.4) is 0 Å². The van der Waals surface area contributed by atoms with Gasteiger partial charge in [0.1, 0.15) is 6.07 Å². The van der Waals surface area contributed by atoms with Gasteiger partial charge in [-0.05, 0) is 49.3 Å². The Morgan fingerprint density at radius 2 is 2.00 bits per heavy atom.